The summed E-state index contributed by atoms with van der Waals surface area (Å²) < 4.78 is 22.0. The second-order valence-corrected chi connectivity index (χ2v) is 3.41. The number of ketones is 1. The van der Waals surface area contributed by atoms with Gasteiger partial charge in [0.05, 0.1) is 7.11 Å². The molecule has 0 saturated carbocycles. The third-order valence-corrected chi connectivity index (χ3v) is 1.99. The van der Waals surface area contributed by atoms with Crippen molar-refractivity contribution in [3.05, 3.63) is 35.8 Å². The van der Waals surface area contributed by atoms with Crippen molar-refractivity contribution < 1.29 is 33.1 Å². The molecule has 6 nitrogen and oxygen atoms in total. The van der Waals surface area contributed by atoms with Gasteiger partial charge < -0.3 is 15.4 Å². The maximum atomic E-state index is 11.4. The number of allylic oxidation sites excluding steroid dienone is 4. The van der Waals surface area contributed by atoms with Crippen molar-refractivity contribution in [1.29, 1.82) is 0 Å². The summed E-state index contributed by atoms with van der Waals surface area (Å²) in [5.41, 5.74) is 0.616. The van der Waals surface area contributed by atoms with Gasteiger partial charge in [-0.15, -0.1) is 0 Å². The number of carbonyl (C=O) groups is 1. The molecule has 0 heterocycles. The van der Waals surface area contributed by atoms with Gasteiger partial charge in [-0.1, -0.05) is 0 Å². The fourth-order valence-corrected chi connectivity index (χ4v) is 1.15. The molecule has 0 radical (unpaired) electrons. The van der Waals surface area contributed by atoms with Crippen molar-refractivity contribution in [1.82, 2.24) is 10.6 Å². The quantitative estimate of drug-likeness (QED) is 0.552. The van der Waals surface area contributed by atoms with Crippen LogP contribution < -0.4 is 10.6 Å². The molecule has 7 heteroatoms. The average Bonchev–Trinajstić information content (AvgIpc) is 2.37. The second kappa shape index (κ2) is 10.8. The van der Waals surface area contributed by atoms with E-state index < -0.39 is 16.2 Å². The van der Waals surface area contributed by atoms with Crippen molar-refractivity contribution >= 4 is 5.78 Å². The van der Waals surface area contributed by atoms with E-state index >= 15 is 0 Å². The fourth-order valence-electron chi connectivity index (χ4n) is 1.15. The third-order valence-electron chi connectivity index (χ3n) is 1.99. The van der Waals surface area contributed by atoms with Gasteiger partial charge in [0.1, 0.15) is 5.76 Å². The van der Waals surface area contributed by atoms with Gasteiger partial charge in [-0.2, -0.15) is 0 Å². The van der Waals surface area contributed by atoms with Crippen LogP contribution in [-0.4, -0.2) is 33.0 Å². The molecular formula is C11H16N2O4V. The summed E-state index contributed by atoms with van der Waals surface area (Å²) >= 11 is -1.81. The Balaban J connectivity index is 0.000000873. The molecule has 99 valence electrons. The van der Waals surface area contributed by atoms with Crippen molar-refractivity contribution in [3.8, 4) is 0 Å². The van der Waals surface area contributed by atoms with Gasteiger partial charge in [-0.05, 0) is 25.3 Å². The number of likely N-dealkylation sites (N-methyl/N-ethyl adjacent to an activating group) is 1. The van der Waals surface area contributed by atoms with Crippen LogP contribution in [0.5, 0.6) is 0 Å². The summed E-state index contributed by atoms with van der Waals surface area (Å²) in [6, 6.07) is 0. The molecule has 0 saturated heterocycles. The summed E-state index contributed by atoms with van der Waals surface area (Å²) in [4.78, 5) is 11.4. The number of carbonyl (C=O) groups excluding carboxylic acids is 1. The Morgan fingerprint density at radius 1 is 1.33 bits per heavy atom. The van der Waals surface area contributed by atoms with Crippen LogP contribution in [0.15, 0.2) is 35.8 Å². The molecule has 0 fully saturated rings. The van der Waals surface area contributed by atoms with E-state index in [0.29, 0.717) is 11.3 Å². The standard InChI is InChI=1S/C11H16N2O2.2O.V/c1-12-5-6-13-8-9-7-10(15-2)3-4-11(9)14;;;/h3-4,7-8,12-13H,5-6H2,1-2H3;;;/b9-8-;;;. The SMILES string of the molecule is CNCCN/C=C1/C=C(OC)C=CC1=O.[O]=[V]=[O]. The van der Waals surface area contributed by atoms with E-state index in [0.717, 1.165) is 13.1 Å². The Morgan fingerprint density at radius 2 is 2.00 bits per heavy atom. The normalized spacial score (nSPS) is 15.3. The molecule has 0 amide bonds. The number of rotatable bonds is 5. The summed E-state index contributed by atoms with van der Waals surface area (Å²) in [7, 11) is 3.46. The van der Waals surface area contributed by atoms with E-state index in [4.69, 9.17) is 12.1 Å². The molecule has 18 heavy (non-hydrogen) atoms. The zero-order valence-corrected chi connectivity index (χ0v) is 11.7. The first-order valence-corrected chi connectivity index (χ1v) is 6.34. The Kier molecular flexibility index (Phi) is 9.95. The Morgan fingerprint density at radius 3 is 2.56 bits per heavy atom. The van der Waals surface area contributed by atoms with Crippen molar-refractivity contribution in [2.45, 2.75) is 0 Å². The first kappa shape index (κ1) is 16.6. The number of hydrogen-bond donors (Lipinski definition) is 2. The fraction of sp³-hybridized carbons (Fsp3) is 0.364. The molecule has 0 atom stereocenters. The molecular weight excluding hydrogens is 275 g/mol. The third kappa shape index (κ3) is 7.06. The van der Waals surface area contributed by atoms with Crippen LogP contribution in [0.25, 0.3) is 0 Å². The van der Waals surface area contributed by atoms with Crippen LogP contribution in [0.4, 0.5) is 0 Å². The molecule has 1 aliphatic carbocycles. The molecule has 0 spiro atoms. The van der Waals surface area contributed by atoms with E-state index in [2.05, 4.69) is 10.6 Å². The minimum absolute atomic E-state index is 0.00671. The molecule has 0 bridgehead atoms. The monoisotopic (exact) mass is 291 g/mol. The zero-order valence-electron chi connectivity index (χ0n) is 10.3. The topological polar surface area (TPSA) is 84.5 Å². The summed E-state index contributed by atoms with van der Waals surface area (Å²) in [5.74, 6) is 0.684. The van der Waals surface area contributed by atoms with E-state index in [9.17, 15) is 4.79 Å². The van der Waals surface area contributed by atoms with Crippen molar-refractivity contribution in [2.75, 3.05) is 27.2 Å². The summed E-state index contributed by atoms with van der Waals surface area (Å²) in [5, 5.41) is 6.06. The molecule has 0 aliphatic heterocycles. The van der Waals surface area contributed by atoms with Gasteiger partial charge in [0.25, 0.3) is 0 Å². The number of hydrogen-bond acceptors (Lipinski definition) is 6. The summed E-state index contributed by atoms with van der Waals surface area (Å²) in [6.45, 7) is 1.64. The Labute approximate surface area is 113 Å². The van der Waals surface area contributed by atoms with E-state index in [1.165, 1.54) is 6.08 Å². The molecule has 0 unspecified atom stereocenters. The summed E-state index contributed by atoms with van der Waals surface area (Å²) in [6.07, 6.45) is 6.59. The zero-order chi connectivity index (χ0) is 13.8. The van der Waals surface area contributed by atoms with Crippen LogP contribution >= 0.6 is 0 Å². The predicted molar refractivity (Wildman–Crippen MR) is 60.6 cm³/mol. The van der Waals surface area contributed by atoms with Gasteiger partial charge >= 0.3 is 23.5 Å². The number of ether oxygens (including phenoxy) is 1. The van der Waals surface area contributed by atoms with Crippen LogP contribution in [0.3, 0.4) is 0 Å². The molecule has 1 aliphatic rings. The van der Waals surface area contributed by atoms with Crippen LogP contribution in [0.2, 0.25) is 0 Å². The predicted octanol–water partition coefficient (Wildman–Crippen LogP) is 0.108. The Hall–Kier alpha value is -1.37. The van der Waals surface area contributed by atoms with E-state index in [1.54, 1.807) is 25.5 Å². The molecule has 0 aromatic carbocycles. The minimum atomic E-state index is -1.81. The van der Waals surface area contributed by atoms with E-state index in [-0.39, 0.29) is 5.78 Å². The van der Waals surface area contributed by atoms with Crippen LogP contribution in [0.1, 0.15) is 0 Å². The number of nitrogens with one attached hydrogen (secondary N) is 2. The first-order valence-electron chi connectivity index (χ1n) is 5.20. The molecule has 2 N–H and O–H groups in total. The second-order valence-electron chi connectivity index (χ2n) is 3.18. The maximum absolute atomic E-state index is 11.4. The van der Waals surface area contributed by atoms with Crippen molar-refractivity contribution in [3.63, 3.8) is 0 Å². The van der Waals surface area contributed by atoms with Crippen molar-refractivity contribution in [2.24, 2.45) is 0 Å². The van der Waals surface area contributed by atoms with Gasteiger partial charge in [-0.3, -0.25) is 4.79 Å². The van der Waals surface area contributed by atoms with Crippen LogP contribution in [0, 0.1) is 0 Å². The van der Waals surface area contributed by atoms with Crippen LogP contribution in [-0.2, 0) is 33.1 Å². The van der Waals surface area contributed by atoms with E-state index in [1.807, 2.05) is 7.05 Å². The first-order chi connectivity index (χ1) is 8.69. The number of methoxy groups -OCH3 is 1. The molecule has 0 aromatic heterocycles. The van der Waals surface area contributed by atoms with Gasteiger partial charge in [0.15, 0.2) is 5.78 Å². The van der Waals surface area contributed by atoms with Gasteiger partial charge in [0, 0.05) is 24.9 Å². The molecule has 1 rings (SSSR count). The van der Waals surface area contributed by atoms with Gasteiger partial charge in [0.2, 0.25) is 0 Å². The van der Waals surface area contributed by atoms with Gasteiger partial charge in [-0.25, -0.2) is 0 Å². The molecule has 0 aromatic rings. The Bertz CT molecular complexity index is 396. The average molecular weight is 291 g/mol.